The average molecular weight is 552 g/mol. The number of morpholine rings is 1. The van der Waals surface area contributed by atoms with Gasteiger partial charge in [-0.05, 0) is 59.0 Å². The number of nitrogens with zero attached hydrogens (tertiary/aromatic N) is 3. The van der Waals surface area contributed by atoms with Crippen LogP contribution in [0.4, 0.5) is 18.9 Å². The second kappa shape index (κ2) is 13.9. The number of aromatic nitrogens is 1. The van der Waals surface area contributed by atoms with Crippen LogP contribution in [-0.2, 0) is 35.2 Å². The van der Waals surface area contributed by atoms with Crippen LogP contribution < -0.4 is 11.1 Å². The number of hydrogen-bond acceptors (Lipinski definition) is 6. The molecule has 0 saturated carbocycles. The van der Waals surface area contributed by atoms with Gasteiger partial charge in [0.05, 0.1) is 25.3 Å². The van der Waals surface area contributed by atoms with Crippen molar-refractivity contribution in [2.24, 2.45) is 10.7 Å². The van der Waals surface area contributed by atoms with Crippen LogP contribution in [0.1, 0.15) is 34.2 Å². The molecular formula is C30H32F3N5O2. The van der Waals surface area contributed by atoms with Crippen LogP contribution in [0.3, 0.4) is 0 Å². The van der Waals surface area contributed by atoms with Crippen molar-refractivity contribution in [3.05, 3.63) is 101 Å². The largest absolute Gasteiger partial charge is 0.416 e. The van der Waals surface area contributed by atoms with Crippen LogP contribution in [0.15, 0.2) is 78.2 Å². The van der Waals surface area contributed by atoms with E-state index in [0.29, 0.717) is 17.6 Å². The molecule has 10 heteroatoms. The summed E-state index contributed by atoms with van der Waals surface area (Å²) in [6.07, 6.45) is 2.62. The molecule has 1 saturated heterocycles. The Balaban J connectivity index is 1.30. The number of amides is 1. The second-order valence-electron chi connectivity index (χ2n) is 9.45. The number of alkyl halides is 3. The van der Waals surface area contributed by atoms with Gasteiger partial charge in [-0.2, -0.15) is 13.2 Å². The lowest BCUT2D eigenvalue weighted by Gasteiger charge is -2.26. The molecule has 1 amide bonds. The van der Waals surface area contributed by atoms with E-state index < -0.39 is 11.7 Å². The summed E-state index contributed by atoms with van der Waals surface area (Å²) in [5, 5.41) is 2.94. The molecule has 0 atom stereocenters. The molecule has 1 aliphatic heterocycles. The van der Waals surface area contributed by atoms with Crippen LogP contribution in [0.25, 0.3) is 5.57 Å². The van der Waals surface area contributed by atoms with Crippen LogP contribution in [0, 0.1) is 0 Å². The zero-order valence-corrected chi connectivity index (χ0v) is 22.0. The standard InChI is InChI=1S/C30H32F3N5O2/c31-30(32,33)26-6-1-22(2-7-26)18-36-20-25(17-34)28-11-12-35-19-24(28)5-10-29(39)37-27-8-3-23(4-9-27)21-38-13-15-40-16-14-38/h1-4,6-9,11-12,17,19-20H,5,10,13-16,18,21,34H2,(H,37,39). The van der Waals surface area contributed by atoms with Crippen molar-refractivity contribution in [2.75, 3.05) is 31.6 Å². The van der Waals surface area contributed by atoms with Crippen molar-refractivity contribution in [3.8, 4) is 0 Å². The quantitative estimate of drug-likeness (QED) is 0.343. The summed E-state index contributed by atoms with van der Waals surface area (Å²) in [4.78, 5) is 23.5. The van der Waals surface area contributed by atoms with E-state index in [0.717, 1.165) is 61.8 Å². The maximum absolute atomic E-state index is 12.8. The zero-order valence-electron chi connectivity index (χ0n) is 22.0. The van der Waals surface area contributed by atoms with Gasteiger partial charge in [-0.1, -0.05) is 24.3 Å². The number of halogens is 3. The Labute approximate surface area is 231 Å². The van der Waals surface area contributed by atoms with Crippen LogP contribution in [0.2, 0.25) is 0 Å². The number of carbonyl (C=O) groups excluding carboxylic acids is 1. The summed E-state index contributed by atoms with van der Waals surface area (Å²) < 4.78 is 43.7. The molecular weight excluding hydrogens is 519 g/mol. The molecule has 1 aliphatic rings. The number of benzene rings is 2. The maximum Gasteiger partial charge on any atom is 0.416 e. The van der Waals surface area contributed by atoms with Gasteiger partial charge < -0.3 is 15.8 Å². The summed E-state index contributed by atoms with van der Waals surface area (Å²) in [6, 6.07) is 14.5. The molecule has 210 valence electrons. The van der Waals surface area contributed by atoms with Gasteiger partial charge in [-0.3, -0.25) is 19.7 Å². The van der Waals surface area contributed by atoms with Gasteiger partial charge in [-0.25, -0.2) is 0 Å². The predicted octanol–water partition coefficient (Wildman–Crippen LogP) is 5.07. The Morgan fingerprint density at radius 3 is 2.42 bits per heavy atom. The first kappa shape index (κ1) is 29.0. The van der Waals surface area contributed by atoms with Gasteiger partial charge in [0.1, 0.15) is 0 Å². The van der Waals surface area contributed by atoms with Gasteiger partial charge in [0.25, 0.3) is 0 Å². The molecule has 0 unspecified atom stereocenters. The third-order valence-electron chi connectivity index (χ3n) is 6.55. The number of pyridine rings is 1. The monoisotopic (exact) mass is 551 g/mol. The summed E-state index contributed by atoms with van der Waals surface area (Å²) in [5.74, 6) is -0.120. The average Bonchev–Trinajstić information content (AvgIpc) is 2.96. The lowest BCUT2D eigenvalue weighted by atomic mass is 9.99. The smallest absolute Gasteiger partial charge is 0.404 e. The number of aliphatic imine (C=N–C) groups is 1. The lowest BCUT2D eigenvalue weighted by molar-refractivity contribution is -0.137. The Bertz CT molecular complexity index is 1320. The van der Waals surface area contributed by atoms with Crippen molar-refractivity contribution >= 4 is 23.4 Å². The molecule has 0 radical (unpaired) electrons. The van der Waals surface area contributed by atoms with E-state index in [1.165, 1.54) is 23.9 Å². The van der Waals surface area contributed by atoms with Crippen molar-refractivity contribution in [1.29, 1.82) is 0 Å². The Morgan fingerprint density at radius 1 is 1.05 bits per heavy atom. The maximum atomic E-state index is 12.8. The minimum absolute atomic E-state index is 0.120. The number of allylic oxidation sites excluding steroid dienone is 1. The summed E-state index contributed by atoms with van der Waals surface area (Å²) >= 11 is 0. The van der Waals surface area contributed by atoms with Crippen LogP contribution in [0.5, 0.6) is 0 Å². The van der Waals surface area contributed by atoms with Crippen molar-refractivity contribution < 1.29 is 22.7 Å². The minimum atomic E-state index is -4.38. The van der Waals surface area contributed by atoms with Crippen molar-refractivity contribution in [3.63, 3.8) is 0 Å². The Hall–Kier alpha value is -4.02. The number of nitrogens with two attached hydrogens (primary N) is 1. The number of carbonyl (C=O) groups is 1. The van der Waals surface area contributed by atoms with E-state index in [2.05, 4.69) is 20.2 Å². The van der Waals surface area contributed by atoms with Gasteiger partial charge >= 0.3 is 6.18 Å². The first-order valence-electron chi connectivity index (χ1n) is 13.0. The third kappa shape index (κ3) is 8.49. The van der Waals surface area contributed by atoms with Gasteiger partial charge in [0.15, 0.2) is 0 Å². The third-order valence-corrected chi connectivity index (χ3v) is 6.55. The molecule has 7 nitrogen and oxygen atoms in total. The number of ether oxygens (including phenoxy) is 1. The molecule has 40 heavy (non-hydrogen) atoms. The fourth-order valence-electron chi connectivity index (χ4n) is 4.34. The van der Waals surface area contributed by atoms with E-state index in [-0.39, 0.29) is 18.9 Å². The molecule has 3 aromatic rings. The number of anilines is 1. The SMILES string of the molecule is NC=C(C=NCc1ccc(C(F)(F)F)cc1)c1ccncc1CCC(=O)Nc1ccc(CN2CCOCC2)cc1. The van der Waals surface area contributed by atoms with Crippen molar-refractivity contribution in [2.45, 2.75) is 32.1 Å². The van der Waals surface area contributed by atoms with E-state index in [4.69, 9.17) is 10.5 Å². The highest BCUT2D eigenvalue weighted by molar-refractivity contribution is 6.10. The highest BCUT2D eigenvalue weighted by atomic mass is 19.4. The zero-order chi connectivity index (χ0) is 28.4. The van der Waals surface area contributed by atoms with E-state index in [1.54, 1.807) is 24.7 Å². The minimum Gasteiger partial charge on any atom is -0.404 e. The lowest BCUT2D eigenvalue weighted by Crippen LogP contribution is -2.35. The number of rotatable bonds is 10. The highest BCUT2D eigenvalue weighted by Crippen LogP contribution is 2.29. The van der Waals surface area contributed by atoms with E-state index in [9.17, 15) is 18.0 Å². The number of hydrogen-bond donors (Lipinski definition) is 2. The first-order valence-corrected chi connectivity index (χ1v) is 13.0. The molecule has 2 aromatic carbocycles. The molecule has 0 bridgehead atoms. The molecule has 2 heterocycles. The molecule has 1 aromatic heterocycles. The molecule has 4 rings (SSSR count). The highest BCUT2D eigenvalue weighted by Gasteiger charge is 2.29. The number of aryl methyl sites for hydroxylation is 1. The number of nitrogens with one attached hydrogen (secondary N) is 1. The summed E-state index contributed by atoms with van der Waals surface area (Å²) in [7, 11) is 0. The first-order chi connectivity index (χ1) is 19.3. The fraction of sp³-hybridized carbons (Fsp3) is 0.300. The summed E-state index contributed by atoms with van der Waals surface area (Å²) in [6.45, 7) is 4.40. The van der Waals surface area contributed by atoms with Gasteiger partial charge in [-0.15, -0.1) is 0 Å². The van der Waals surface area contributed by atoms with Crippen molar-refractivity contribution in [1.82, 2.24) is 9.88 Å². The van der Waals surface area contributed by atoms with E-state index in [1.807, 2.05) is 24.3 Å². The van der Waals surface area contributed by atoms with Gasteiger partial charge in [0, 0.05) is 62.1 Å². The summed E-state index contributed by atoms with van der Waals surface area (Å²) in [5.41, 5.74) is 9.96. The normalized spacial score (nSPS) is 14.9. The Morgan fingerprint density at radius 2 is 1.75 bits per heavy atom. The molecule has 0 aliphatic carbocycles. The van der Waals surface area contributed by atoms with E-state index >= 15 is 0 Å². The van der Waals surface area contributed by atoms with Crippen LogP contribution >= 0.6 is 0 Å². The Kier molecular flexibility index (Phi) is 10.0. The second-order valence-corrected chi connectivity index (χ2v) is 9.45. The van der Waals surface area contributed by atoms with Crippen LogP contribution in [-0.4, -0.2) is 48.3 Å². The topological polar surface area (TPSA) is 92.8 Å². The predicted molar refractivity (Wildman–Crippen MR) is 150 cm³/mol. The molecule has 3 N–H and O–H groups in total. The van der Waals surface area contributed by atoms with Gasteiger partial charge in [0.2, 0.25) is 5.91 Å². The fourth-order valence-corrected chi connectivity index (χ4v) is 4.34. The molecule has 1 fully saturated rings. The molecule has 0 spiro atoms.